The van der Waals surface area contributed by atoms with Gasteiger partial charge in [-0.25, -0.2) is 0 Å². The van der Waals surface area contributed by atoms with Crippen LogP contribution in [0.15, 0.2) is 35.5 Å². The van der Waals surface area contributed by atoms with Gasteiger partial charge in [-0.3, -0.25) is 0 Å². The number of nitrogens with zero attached hydrogens (tertiary/aromatic N) is 1. The molecule has 0 bridgehead atoms. The highest BCUT2D eigenvalue weighted by Crippen LogP contribution is 2.25. The second kappa shape index (κ2) is 8.82. The van der Waals surface area contributed by atoms with Crippen molar-refractivity contribution < 1.29 is 0 Å². The highest BCUT2D eigenvalue weighted by atomic mass is 14.2. The van der Waals surface area contributed by atoms with Crippen LogP contribution in [-0.2, 0) is 0 Å². The van der Waals surface area contributed by atoms with Crippen LogP contribution < -0.4 is 0 Å². The average molecular weight is 231 g/mol. The molecular formula is C16H25N. The summed E-state index contributed by atoms with van der Waals surface area (Å²) in [7, 11) is 0. The van der Waals surface area contributed by atoms with Crippen LogP contribution in [0.5, 0.6) is 0 Å². The lowest BCUT2D eigenvalue weighted by atomic mass is 9.88. The Morgan fingerprint density at radius 3 is 2.06 bits per heavy atom. The first-order chi connectivity index (χ1) is 8.10. The molecule has 0 amide bonds. The number of hydrogen-bond acceptors (Lipinski definition) is 1. The molecule has 0 spiro atoms. The number of rotatable bonds is 7. The van der Waals surface area contributed by atoms with Crippen molar-refractivity contribution >= 4 is 0 Å². The van der Waals surface area contributed by atoms with Crippen LogP contribution in [0.4, 0.5) is 0 Å². The third-order valence-electron chi connectivity index (χ3n) is 2.95. The lowest BCUT2D eigenvalue weighted by molar-refractivity contribution is 0.512. The van der Waals surface area contributed by atoms with E-state index in [-0.39, 0.29) is 0 Å². The molecule has 0 aliphatic rings. The Kier molecular flexibility index (Phi) is 8.15. The van der Waals surface area contributed by atoms with E-state index in [9.17, 15) is 0 Å². The second-order valence-electron chi connectivity index (χ2n) is 4.65. The summed E-state index contributed by atoms with van der Waals surface area (Å²) < 4.78 is 0. The maximum atomic E-state index is 9.10. The minimum absolute atomic E-state index is 0.546. The second-order valence-corrected chi connectivity index (χ2v) is 4.65. The fourth-order valence-corrected chi connectivity index (χ4v) is 1.97. The summed E-state index contributed by atoms with van der Waals surface area (Å²) in [6.45, 7) is 12.3. The first-order valence-corrected chi connectivity index (χ1v) is 6.52. The predicted octanol–water partition coefficient (Wildman–Crippen LogP) is 5.18. The zero-order valence-electron chi connectivity index (χ0n) is 11.7. The molecule has 1 nitrogen and oxygen atoms in total. The van der Waals surface area contributed by atoms with Gasteiger partial charge < -0.3 is 0 Å². The molecule has 0 saturated carbocycles. The Bertz CT molecular complexity index is 329. The lowest BCUT2D eigenvalue weighted by Gasteiger charge is -2.16. The van der Waals surface area contributed by atoms with Gasteiger partial charge in [-0.15, -0.1) is 0 Å². The molecule has 0 aliphatic carbocycles. The highest BCUT2D eigenvalue weighted by Gasteiger charge is 2.10. The molecule has 0 atom stereocenters. The maximum Gasteiger partial charge on any atom is 0.0991 e. The van der Waals surface area contributed by atoms with Gasteiger partial charge in [0.2, 0.25) is 0 Å². The van der Waals surface area contributed by atoms with Gasteiger partial charge in [0.1, 0.15) is 0 Å². The van der Waals surface area contributed by atoms with Crippen molar-refractivity contribution in [3.8, 4) is 6.07 Å². The van der Waals surface area contributed by atoms with Crippen LogP contribution in [0.25, 0.3) is 0 Å². The van der Waals surface area contributed by atoms with Crippen molar-refractivity contribution in [3.05, 3.63) is 35.5 Å². The zero-order chi connectivity index (χ0) is 13.3. The Balaban J connectivity index is 5.15. The molecule has 0 aromatic heterocycles. The van der Waals surface area contributed by atoms with Gasteiger partial charge >= 0.3 is 0 Å². The molecule has 0 unspecified atom stereocenters. The van der Waals surface area contributed by atoms with Crippen molar-refractivity contribution in [2.75, 3.05) is 0 Å². The van der Waals surface area contributed by atoms with Crippen molar-refractivity contribution in [1.29, 1.82) is 5.26 Å². The molecule has 0 rings (SSSR count). The monoisotopic (exact) mass is 231 g/mol. The van der Waals surface area contributed by atoms with E-state index in [0.29, 0.717) is 5.92 Å². The fourth-order valence-electron chi connectivity index (χ4n) is 1.97. The summed E-state index contributed by atoms with van der Waals surface area (Å²) in [6.07, 6.45) is 8.62. The Hall–Kier alpha value is -1.29. The lowest BCUT2D eigenvalue weighted by Crippen LogP contribution is -2.03. The van der Waals surface area contributed by atoms with Crippen LogP contribution in [0.2, 0.25) is 0 Å². The van der Waals surface area contributed by atoms with Crippen molar-refractivity contribution in [2.24, 2.45) is 5.92 Å². The molecule has 17 heavy (non-hydrogen) atoms. The van der Waals surface area contributed by atoms with Gasteiger partial charge in [-0.1, -0.05) is 44.9 Å². The molecule has 0 aliphatic heterocycles. The van der Waals surface area contributed by atoms with E-state index in [4.69, 9.17) is 5.26 Å². The zero-order valence-corrected chi connectivity index (χ0v) is 11.7. The van der Waals surface area contributed by atoms with E-state index in [1.54, 1.807) is 0 Å². The standard InChI is InChI=1S/C16H25N/c1-6-9-15(10-7-2)14(8-3)11-16(12-17)13(4)5/h8,11,15H,3,6-7,9-10H2,1-2,4-5H3/b14-11+. The summed E-state index contributed by atoms with van der Waals surface area (Å²) in [5.41, 5.74) is 3.06. The van der Waals surface area contributed by atoms with Crippen LogP contribution in [0.1, 0.15) is 53.4 Å². The molecule has 0 heterocycles. The van der Waals surface area contributed by atoms with Gasteiger partial charge in [0.25, 0.3) is 0 Å². The van der Waals surface area contributed by atoms with Crippen molar-refractivity contribution in [3.63, 3.8) is 0 Å². The largest absolute Gasteiger partial charge is 0.192 e. The van der Waals surface area contributed by atoms with E-state index in [0.717, 1.165) is 11.1 Å². The third kappa shape index (κ3) is 5.54. The van der Waals surface area contributed by atoms with Gasteiger partial charge in [0.15, 0.2) is 0 Å². The van der Waals surface area contributed by atoms with Crippen LogP contribution in [0, 0.1) is 17.2 Å². The fraction of sp³-hybridized carbons (Fsp3) is 0.562. The van der Waals surface area contributed by atoms with Gasteiger partial charge in [0.05, 0.1) is 11.6 Å². The minimum Gasteiger partial charge on any atom is -0.192 e. The predicted molar refractivity (Wildman–Crippen MR) is 75.6 cm³/mol. The Labute approximate surface area is 107 Å². The van der Waals surface area contributed by atoms with Crippen LogP contribution >= 0.6 is 0 Å². The molecular weight excluding hydrogens is 206 g/mol. The van der Waals surface area contributed by atoms with E-state index in [1.807, 2.05) is 26.0 Å². The van der Waals surface area contributed by atoms with Crippen molar-refractivity contribution in [1.82, 2.24) is 0 Å². The molecule has 0 aromatic rings. The number of allylic oxidation sites excluding steroid dienone is 5. The number of hydrogen-bond donors (Lipinski definition) is 0. The molecule has 1 heteroatoms. The summed E-state index contributed by atoms with van der Waals surface area (Å²) in [4.78, 5) is 0. The first-order valence-electron chi connectivity index (χ1n) is 6.52. The van der Waals surface area contributed by atoms with E-state index < -0.39 is 0 Å². The minimum atomic E-state index is 0.546. The molecule has 0 radical (unpaired) electrons. The smallest absolute Gasteiger partial charge is 0.0991 e. The van der Waals surface area contributed by atoms with E-state index in [2.05, 4.69) is 26.5 Å². The van der Waals surface area contributed by atoms with Gasteiger partial charge in [-0.05, 0) is 44.3 Å². The van der Waals surface area contributed by atoms with Crippen LogP contribution in [-0.4, -0.2) is 0 Å². The first kappa shape index (κ1) is 15.7. The van der Waals surface area contributed by atoms with Crippen molar-refractivity contribution in [2.45, 2.75) is 53.4 Å². The summed E-state index contributed by atoms with van der Waals surface area (Å²) >= 11 is 0. The molecule has 94 valence electrons. The quantitative estimate of drug-likeness (QED) is 0.437. The van der Waals surface area contributed by atoms with E-state index in [1.165, 1.54) is 31.3 Å². The summed E-state index contributed by atoms with van der Waals surface area (Å²) in [5, 5.41) is 9.10. The van der Waals surface area contributed by atoms with Crippen LogP contribution in [0.3, 0.4) is 0 Å². The molecule has 0 fully saturated rings. The Morgan fingerprint density at radius 1 is 1.24 bits per heavy atom. The molecule has 0 aromatic carbocycles. The third-order valence-corrected chi connectivity index (χ3v) is 2.95. The van der Waals surface area contributed by atoms with E-state index >= 15 is 0 Å². The topological polar surface area (TPSA) is 23.8 Å². The SMILES string of the molecule is C=C/C(=C\C(C#N)=C(C)C)C(CCC)CCC. The number of nitriles is 1. The molecule has 0 saturated heterocycles. The average Bonchev–Trinajstić information content (AvgIpc) is 2.30. The Morgan fingerprint density at radius 2 is 1.76 bits per heavy atom. The van der Waals surface area contributed by atoms with Gasteiger partial charge in [-0.2, -0.15) is 5.26 Å². The normalized spacial score (nSPS) is 11.2. The summed E-state index contributed by atoms with van der Waals surface area (Å²) in [5.74, 6) is 0.546. The van der Waals surface area contributed by atoms with Gasteiger partial charge in [0, 0.05) is 0 Å². The highest BCUT2D eigenvalue weighted by molar-refractivity contribution is 5.41. The maximum absolute atomic E-state index is 9.10. The molecule has 0 N–H and O–H groups in total. The summed E-state index contributed by atoms with van der Waals surface area (Å²) in [6, 6.07) is 2.26.